The standard InChI is InChI=1S/C20H16N2/c21-18-12-14-7-2-4-10-16(14)20(22)19(18)17-11-5-8-13-6-1-3-9-15(13)17/h1-12H,21-22H2. The molecule has 2 nitrogen and oxygen atoms in total. The maximum Gasteiger partial charge on any atom is 0.0494 e. The summed E-state index contributed by atoms with van der Waals surface area (Å²) < 4.78 is 0. The van der Waals surface area contributed by atoms with E-state index in [0.29, 0.717) is 5.69 Å². The molecule has 0 spiro atoms. The molecule has 0 aliphatic heterocycles. The fourth-order valence-corrected chi connectivity index (χ4v) is 3.14. The van der Waals surface area contributed by atoms with Gasteiger partial charge < -0.3 is 11.5 Å². The van der Waals surface area contributed by atoms with Gasteiger partial charge in [-0.25, -0.2) is 0 Å². The van der Waals surface area contributed by atoms with Gasteiger partial charge >= 0.3 is 0 Å². The lowest BCUT2D eigenvalue weighted by Gasteiger charge is -2.15. The van der Waals surface area contributed by atoms with Crippen LogP contribution < -0.4 is 11.5 Å². The van der Waals surface area contributed by atoms with Crippen molar-refractivity contribution in [3.63, 3.8) is 0 Å². The quantitative estimate of drug-likeness (QED) is 0.492. The van der Waals surface area contributed by atoms with Crippen molar-refractivity contribution in [2.45, 2.75) is 0 Å². The number of hydrogen-bond donors (Lipinski definition) is 2. The van der Waals surface area contributed by atoms with Crippen molar-refractivity contribution >= 4 is 32.9 Å². The maximum absolute atomic E-state index is 6.46. The van der Waals surface area contributed by atoms with Gasteiger partial charge in [0.1, 0.15) is 0 Å². The Labute approximate surface area is 129 Å². The number of nitrogens with two attached hydrogens (primary N) is 2. The van der Waals surface area contributed by atoms with Crippen LogP contribution in [0.25, 0.3) is 32.7 Å². The molecule has 0 bridgehead atoms. The van der Waals surface area contributed by atoms with E-state index in [1.165, 1.54) is 10.8 Å². The minimum atomic E-state index is 0.715. The van der Waals surface area contributed by atoms with Crippen LogP contribution in [0.3, 0.4) is 0 Å². The van der Waals surface area contributed by atoms with Crippen LogP contribution in [0.15, 0.2) is 72.8 Å². The molecule has 0 radical (unpaired) electrons. The van der Waals surface area contributed by atoms with E-state index in [9.17, 15) is 0 Å². The minimum absolute atomic E-state index is 0.715. The first-order chi connectivity index (χ1) is 10.8. The van der Waals surface area contributed by atoms with Gasteiger partial charge in [-0.15, -0.1) is 0 Å². The number of hydrogen-bond acceptors (Lipinski definition) is 2. The summed E-state index contributed by atoms with van der Waals surface area (Å²) in [5, 5.41) is 4.46. The molecule has 4 aromatic rings. The fourth-order valence-electron chi connectivity index (χ4n) is 3.14. The van der Waals surface area contributed by atoms with Gasteiger partial charge in [-0.2, -0.15) is 0 Å². The second kappa shape index (κ2) is 4.78. The molecule has 0 heterocycles. The van der Waals surface area contributed by atoms with E-state index in [1.807, 2.05) is 48.5 Å². The first-order valence-electron chi connectivity index (χ1n) is 7.30. The van der Waals surface area contributed by atoms with Gasteiger partial charge in [-0.05, 0) is 27.8 Å². The van der Waals surface area contributed by atoms with Crippen LogP contribution in [0.1, 0.15) is 0 Å². The molecule has 0 saturated heterocycles. The third kappa shape index (κ3) is 1.81. The Hall–Kier alpha value is -3.00. The average Bonchev–Trinajstić information content (AvgIpc) is 2.55. The summed E-state index contributed by atoms with van der Waals surface area (Å²) in [5.74, 6) is 0. The molecule has 0 atom stereocenters. The third-order valence-corrected chi connectivity index (χ3v) is 4.18. The molecule has 106 valence electrons. The Balaban J connectivity index is 2.13. The average molecular weight is 284 g/mol. The molecule has 0 saturated carbocycles. The molecule has 0 amide bonds. The second-order valence-electron chi connectivity index (χ2n) is 5.50. The normalized spacial score (nSPS) is 11.1. The lowest BCUT2D eigenvalue weighted by Crippen LogP contribution is -1.98. The van der Waals surface area contributed by atoms with Crippen molar-refractivity contribution in [2.75, 3.05) is 11.5 Å². The summed E-state index contributed by atoms with van der Waals surface area (Å²) in [4.78, 5) is 0. The Morgan fingerprint density at radius 2 is 1.23 bits per heavy atom. The minimum Gasteiger partial charge on any atom is -0.398 e. The monoisotopic (exact) mass is 284 g/mol. The van der Waals surface area contributed by atoms with Gasteiger partial charge in [0.25, 0.3) is 0 Å². The molecule has 0 unspecified atom stereocenters. The zero-order valence-corrected chi connectivity index (χ0v) is 12.1. The summed E-state index contributed by atoms with van der Waals surface area (Å²) in [6, 6.07) is 24.6. The van der Waals surface area contributed by atoms with E-state index in [-0.39, 0.29) is 0 Å². The van der Waals surface area contributed by atoms with Crippen LogP contribution in [0.2, 0.25) is 0 Å². The Morgan fingerprint density at radius 3 is 2.05 bits per heavy atom. The Morgan fingerprint density at radius 1 is 0.591 bits per heavy atom. The summed E-state index contributed by atoms with van der Waals surface area (Å²) in [6.45, 7) is 0. The van der Waals surface area contributed by atoms with Gasteiger partial charge in [0.15, 0.2) is 0 Å². The summed E-state index contributed by atoms with van der Waals surface area (Å²) in [6.07, 6.45) is 0. The SMILES string of the molecule is Nc1cc2ccccc2c(N)c1-c1cccc2ccccc12. The van der Waals surface area contributed by atoms with Crippen molar-refractivity contribution in [3.05, 3.63) is 72.8 Å². The van der Waals surface area contributed by atoms with Crippen LogP contribution >= 0.6 is 0 Å². The van der Waals surface area contributed by atoms with E-state index < -0.39 is 0 Å². The van der Waals surface area contributed by atoms with Crippen LogP contribution in [-0.4, -0.2) is 0 Å². The molecule has 22 heavy (non-hydrogen) atoms. The van der Waals surface area contributed by atoms with E-state index in [0.717, 1.165) is 27.6 Å². The highest BCUT2D eigenvalue weighted by Gasteiger charge is 2.13. The van der Waals surface area contributed by atoms with Gasteiger partial charge in [-0.1, -0.05) is 66.7 Å². The molecular formula is C20H16N2. The smallest absolute Gasteiger partial charge is 0.0494 e. The van der Waals surface area contributed by atoms with E-state index in [1.54, 1.807) is 0 Å². The van der Waals surface area contributed by atoms with E-state index in [4.69, 9.17) is 11.5 Å². The first-order valence-corrected chi connectivity index (χ1v) is 7.30. The molecule has 0 fully saturated rings. The van der Waals surface area contributed by atoms with Crippen molar-refractivity contribution in [3.8, 4) is 11.1 Å². The van der Waals surface area contributed by atoms with Crippen molar-refractivity contribution in [1.82, 2.24) is 0 Å². The van der Waals surface area contributed by atoms with E-state index in [2.05, 4.69) is 24.3 Å². The van der Waals surface area contributed by atoms with Crippen LogP contribution in [0, 0.1) is 0 Å². The highest BCUT2D eigenvalue weighted by atomic mass is 14.6. The van der Waals surface area contributed by atoms with Crippen LogP contribution in [-0.2, 0) is 0 Å². The largest absolute Gasteiger partial charge is 0.398 e. The number of benzene rings is 4. The number of rotatable bonds is 1. The predicted molar refractivity (Wildman–Crippen MR) is 95.7 cm³/mol. The van der Waals surface area contributed by atoms with Gasteiger partial charge in [0, 0.05) is 22.3 Å². The first kappa shape index (κ1) is 12.7. The number of anilines is 2. The van der Waals surface area contributed by atoms with Crippen molar-refractivity contribution in [1.29, 1.82) is 0 Å². The maximum atomic E-state index is 6.46. The molecule has 0 aromatic heterocycles. The summed E-state index contributed by atoms with van der Waals surface area (Å²) in [7, 11) is 0. The lowest BCUT2D eigenvalue weighted by atomic mass is 9.93. The topological polar surface area (TPSA) is 52.0 Å². The van der Waals surface area contributed by atoms with Crippen LogP contribution in [0.4, 0.5) is 11.4 Å². The summed E-state index contributed by atoms with van der Waals surface area (Å²) in [5.41, 5.74) is 16.3. The molecule has 2 heteroatoms. The molecule has 4 aromatic carbocycles. The Bertz CT molecular complexity index is 998. The molecular weight excluding hydrogens is 268 g/mol. The number of nitrogen functional groups attached to an aromatic ring is 2. The summed E-state index contributed by atoms with van der Waals surface area (Å²) >= 11 is 0. The zero-order valence-electron chi connectivity index (χ0n) is 12.1. The molecule has 4 N–H and O–H groups in total. The van der Waals surface area contributed by atoms with E-state index >= 15 is 0 Å². The third-order valence-electron chi connectivity index (χ3n) is 4.18. The highest BCUT2D eigenvalue weighted by molar-refractivity contribution is 6.10. The predicted octanol–water partition coefficient (Wildman–Crippen LogP) is 4.82. The highest BCUT2D eigenvalue weighted by Crippen LogP contribution is 2.40. The fraction of sp³-hybridized carbons (Fsp3) is 0. The van der Waals surface area contributed by atoms with Crippen molar-refractivity contribution < 1.29 is 0 Å². The zero-order chi connectivity index (χ0) is 15.1. The van der Waals surface area contributed by atoms with Gasteiger partial charge in [-0.3, -0.25) is 0 Å². The lowest BCUT2D eigenvalue weighted by molar-refractivity contribution is 1.65. The molecule has 0 aliphatic rings. The second-order valence-corrected chi connectivity index (χ2v) is 5.50. The van der Waals surface area contributed by atoms with Crippen molar-refractivity contribution in [2.24, 2.45) is 0 Å². The van der Waals surface area contributed by atoms with Crippen LogP contribution in [0.5, 0.6) is 0 Å². The van der Waals surface area contributed by atoms with Gasteiger partial charge in [0.05, 0.1) is 0 Å². The molecule has 0 aliphatic carbocycles. The van der Waals surface area contributed by atoms with Gasteiger partial charge in [0.2, 0.25) is 0 Å². The molecule has 4 rings (SSSR count). The Kier molecular flexibility index (Phi) is 2.76. The number of fused-ring (bicyclic) bond motifs is 2.